The Hall–Kier alpha value is -3.70. The number of benzene rings is 2. The molecule has 1 aliphatic carbocycles. The summed E-state index contributed by atoms with van der Waals surface area (Å²) in [4.78, 5) is 29.0. The largest absolute Gasteiger partial charge is 0.465 e. The van der Waals surface area contributed by atoms with Crippen molar-refractivity contribution in [2.75, 3.05) is 12.4 Å². The summed E-state index contributed by atoms with van der Waals surface area (Å²) in [5, 5.41) is 3.39. The van der Waals surface area contributed by atoms with Gasteiger partial charge in [0.15, 0.2) is 0 Å². The molecule has 1 aliphatic rings. The highest BCUT2D eigenvalue weighted by Gasteiger charge is 2.16. The molecule has 5 nitrogen and oxygen atoms in total. The summed E-state index contributed by atoms with van der Waals surface area (Å²) in [5.74, 6) is -0.716. The van der Waals surface area contributed by atoms with Gasteiger partial charge < -0.3 is 10.1 Å². The molecule has 0 fully saturated rings. The quantitative estimate of drug-likeness (QED) is 0.492. The monoisotopic (exact) mass is 432 g/mol. The zero-order chi connectivity index (χ0) is 22.4. The van der Waals surface area contributed by atoms with Crippen molar-refractivity contribution in [3.63, 3.8) is 0 Å². The number of esters is 1. The molecular weight excluding hydrogens is 412 g/mol. The van der Waals surface area contributed by atoms with Crippen LogP contribution in [0.1, 0.15) is 22.8 Å². The van der Waals surface area contributed by atoms with Crippen LogP contribution in [0.4, 0.5) is 5.69 Å². The van der Waals surface area contributed by atoms with Crippen LogP contribution < -0.4 is 5.32 Å². The zero-order valence-corrected chi connectivity index (χ0v) is 17.9. The standard InChI is InChI=1S/C25H21ClN2O3/c1-16(24(29)28-19-14-12-18(13-15-19)25(30)31-3)20-8-5-7-11-23(20)27-17(2)21-9-4-6-10-22(21)26/h4-15H,2H2,1,3H3,(H,28,29)/b20-16+,27-23?. The van der Waals surface area contributed by atoms with Crippen LogP contribution in [-0.4, -0.2) is 24.7 Å². The molecule has 0 spiro atoms. The Balaban J connectivity index is 1.84. The predicted molar refractivity (Wildman–Crippen MR) is 125 cm³/mol. The lowest BCUT2D eigenvalue weighted by molar-refractivity contribution is -0.112. The van der Waals surface area contributed by atoms with E-state index < -0.39 is 5.97 Å². The molecule has 0 aliphatic heterocycles. The average molecular weight is 433 g/mol. The van der Waals surface area contributed by atoms with E-state index in [0.29, 0.717) is 38.8 Å². The molecule has 0 saturated carbocycles. The molecule has 0 radical (unpaired) electrons. The molecule has 1 amide bonds. The molecule has 6 heteroatoms. The van der Waals surface area contributed by atoms with Gasteiger partial charge in [0.2, 0.25) is 0 Å². The van der Waals surface area contributed by atoms with Gasteiger partial charge in [-0.2, -0.15) is 0 Å². The molecule has 0 saturated heterocycles. The normalized spacial score (nSPS) is 15.5. The molecular formula is C25H21ClN2O3. The number of carbonyl (C=O) groups excluding carboxylic acids is 2. The van der Waals surface area contributed by atoms with Crippen molar-refractivity contribution in [2.24, 2.45) is 4.99 Å². The van der Waals surface area contributed by atoms with Crippen LogP contribution in [0.5, 0.6) is 0 Å². The molecule has 2 aromatic carbocycles. The van der Waals surface area contributed by atoms with Gasteiger partial charge in [0.1, 0.15) is 0 Å². The number of carbonyl (C=O) groups is 2. The summed E-state index contributed by atoms with van der Waals surface area (Å²) >= 11 is 6.25. The molecule has 0 bridgehead atoms. The van der Waals surface area contributed by atoms with Crippen molar-refractivity contribution >= 4 is 40.6 Å². The van der Waals surface area contributed by atoms with E-state index in [0.717, 1.165) is 5.56 Å². The Kier molecular flexibility index (Phi) is 7.00. The van der Waals surface area contributed by atoms with E-state index in [4.69, 9.17) is 11.6 Å². The topological polar surface area (TPSA) is 67.8 Å². The minimum atomic E-state index is -0.435. The smallest absolute Gasteiger partial charge is 0.337 e. The molecule has 2 aromatic rings. The number of halogens is 1. The summed E-state index contributed by atoms with van der Waals surface area (Å²) in [7, 11) is 1.32. The number of anilines is 1. The van der Waals surface area contributed by atoms with Crippen LogP contribution in [0.25, 0.3) is 5.70 Å². The van der Waals surface area contributed by atoms with E-state index in [9.17, 15) is 9.59 Å². The lowest BCUT2D eigenvalue weighted by atomic mass is 9.99. The van der Waals surface area contributed by atoms with Crippen molar-refractivity contribution < 1.29 is 14.3 Å². The molecule has 0 heterocycles. The maximum Gasteiger partial charge on any atom is 0.337 e. The van der Waals surface area contributed by atoms with E-state index >= 15 is 0 Å². The number of hydrogen-bond donors (Lipinski definition) is 1. The van der Waals surface area contributed by atoms with Gasteiger partial charge in [0, 0.05) is 27.4 Å². The first-order valence-corrected chi connectivity index (χ1v) is 9.86. The Morgan fingerprint density at radius 3 is 2.39 bits per heavy atom. The van der Waals surface area contributed by atoms with Gasteiger partial charge in [0.05, 0.1) is 24.1 Å². The Morgan fingerprint density at radius 1 is 1.03 bits per heavy atom. The Morgan fingerprint density at radius 2 is 1.71 bits per heavy atom. The predicted octanol–water partition coefficient (Wildman–Crippen LogP) is 5.62. The lowest BCUT2D eigenvalue weighted by Gasteiger charge is -2.13. The van der Waals surface area contributed by atoms with Crippen LogP contribution >= 0.6 is 11.6 Å². The number of nitrogens with one attached hydrogen (secondary N) is 1. The minimum absolute atomic E-state index is 0.281. The second kappa shape index (κ2) is 9.87. The second-order valence-corrected chi connectivity index (χ2v) is 7.11. The van der Waals surface area contributed by atoms with Crippen molar-refractivity contribution in [1.82, 2.24) is 0 Å². The van der Waals surface area contributed by atoms with Gasteiger partial charge in [0.25, 0.3) is 5.91 Å². The lowest BCUT2D eigenvalue weighted by Crippen LogP contribution is -2.17. The van der Waals surface area contributed by atoms with E-state index in [1.165, 1.54) is 7.11 Å². The summed E-state index contributed by atoms with van der Waals surface area (Å²) in [6.45, 7) is 5.75. The van der Waals surface area contributed by atoms with Crippen molar-refractivity contribution in [3.8, 4) is 0 Å². The molecule has 0 unspecified atom stereocenters. The maximum absolute atomic E-state index is 12.8. The highest BCUT2D eigenvalue weighted by Crippen LogP contribution is 2.25. The molecule has 156 valence electrons. The SMILES string of the molecule is C=C(N=C1C=CC=C/C1=C(/C)C(=O)Nc1ccc(C(=O)OC)cc1)c1ccccc1Cl. The number of methoxy groups -OCH3 is 1. The van der Waals surface area contributed by atoms with Gasteiger partial charge in [-0.1, -0.05) is 54.6 Å². The van der Waals surface area contributed by atoms with Crippen molar-refractivity contribution in [3.05, 3.63) is 107 Å². The Labute approximate surface area is 186 Å². The first-order chi connectivity index (χ1) is 14.9. The van der Waals surface area contributed by atoms with Crippen LogP contribution in [0.2, 0.25) is 5.02 Å². The molecule has 3 rings (SSSR count). The van der Waals surface area contributed by atoms with Crippen LogP contribution in [0.15, 0.2) is 95.6 Å². The van der Waals surface area contributed by atoms with Gasteiger partial charge in [-0.15, -0.1) is 0 Å². The summed E-state index contributed by atoms with van der Waals surface area (Å²) in [6, 6.07) is 13.8. The van der Waals surface area contributed by atoms with Gasteiger partial charge in [-0.25, -0.2) is 9.79 Å². The fraction of sp³-hybridized carbons (Fsp3) is 0.0800. The maximum atomic E-state index is 12.8. The number of rotatable bonds is 5. The fourth-order valence-electron chi connectivity index (χ4n) is 2.94. The summed E-state index contributed by atoms with van der Waals surface area (Å²) in [5.41, 5.74) is 3.98. The van der Waals surface area contributed by atoms with Crippen LogP contribution in [-0.2, 0) is 9.53 Å². The van der Waals surface area contributed by atoms with E-state index in [-0.39, 0.29) is 5.91 Å². The molecule has 0 atom stereocenters. The Bertz CT molecular complexity index is 1160. The number of nitrogens with zero attached hydrogens (tertiary/aromatic N) is 1. The number of ether oxygens (including phenoxy) is 1. The molecule has 1 N–H and O–H groups in total. The van der Waals surface area contributed by atoms with Gasteiger partial charge >= 0.3 is 5.97 Å². The average Bonchev–Trinajstić information content (AvgIpc) is 2.79. The summed E-state index contributed by atoms with van der Waals surface area (Å²) < 4.78 is 4.68. The van der Waals surface area contributed by atoms with Gasteiger partial charge in [-0.3, -0.25) is 4.79 Å². The van der Waals surface area contributed by atoms with Crippen LogP contribution in [0, 0.1) is 0 Å². The first-order valence-electron chi connectivity index (χ1n) is 9.49. The fourth-order valence-corrected chi connectivity index (χ4v) is 3.19. The molecule has 31 heavy (non-hydrogen) atoms. The van der Waals surface area contributed by atoms with Crippen LogP contribution in [0.3, 0.4) is 0 Å². The zero-order valence-electron chi connectivity index (χ0n) is 17.2. The number of hydrogen-bond acceptors (Lipinski definition) is 4. The number of aliphatic imine (C=N–C) groups is 1. The highest BCUT2D eigenvalue weighted by molar-refractivity contribution is 6.32. The van der Waals surface area contributed by atoms with E-state index in [2.05, 4.69) is 21.6 Å². The number of allylic oxidation sites excluding steroid dienone is 5. The first kappa shape index (κ1) is 22.0. The number of amides is 1. The van der Waals surface area contributed by atoms with Crippen molar-refractivity contribution in [2.45, 2.75) is 6.92 Å². The second-order valence-electron chi connectivity index (χ2n) is 6.70. The third kappa shape index (κ3) is 5.27. The third-order valence-corrected chi connectivity index (χ3v) is 4.98. The highest BCUT2D eigenvalue weighted by atomic mass is 35.5. The van der Waals surface area contributed by atoms with Crippen molar-refractivity contribution in [1.29, 1.82) is 0 Å². The summed E-state index contributed by atoms with van der Waals surface area (Å²) in [6.07, 6.45) is 7.33. The van der Waals surface area contributed by atoms with E-state index in [1.807, 2.05) is 42.5 Å². The minimum Gasteiger partial charge on any atom is -0.465 e. The van der Waals surface area contributed by atoms with Gasteiger partial charge in [-0.05, 0) is 43.3 Å². The van der Waals surface area contributed by atoms with E-state index in [1.54, 1.807) is 37.3 Å². The molecule has 0 aromatic heterocycles. The third-order valence-electron chi connectivity index (χ3n) is 4.65.